The predicted molar refractivity (Wildman–Crippen MR) is 33.1 cm³/mol. The van der Waals surface area contributed by atoms with Gasteiger partial charge in [-0.15, -0.1) is 0 Å². The molecule has 1 aliphatic heterocycles. The molecule has 1 fully saturated rings. The lowest BCUT2D eigenvalue weighted by molar-refractivity contribution is -0.144. The highest BCUT2D eigenvalue weighted by molar-refractivity contribution is 5.76. The van der Waals surface area contributed by atoms with Crippen LogP contribution < -0.4 is 0 Å². The summed E-state index contributed by atoms with van der Waals surface area (Å²) in [5.41, 5.74) is 0. The zero-order chi connectivity index (χ0) is 7.14. The lowest BCUT2D eigenvalue weighted by Crippen LogP contribution is -2.23. The van der Waals surface area contributed by atoms with Gasteiger partial charge in [0.2, 0.25) is 0 Å². The fourth-order valence-electron chi connectivity index (χ4n) is 1.40. The Bertz CT molecular complexity index is 197. The second-order valence-corrected chi connectivity index (χ2v) is 2.69. The van der Waals surface area contributed by atoms with E-state index in [0.717, 1.165) is 0 Å². The van der Waals surface area contributed by atoms with Gasteiger partial charge in [0, 0.05) is 6.42 Å². The Kier molecular flexibility index (Phi) is 1.08. The van der Waals surface area contributed by atoms with Crippen LogP contribution in [0.3, 0.4) is 0 Å². The van der Waals surface area contributed by atoms with Crippen molar-refractivity contribution in [1.29, 1.82) is 0 Å². The molecule has 1 N–H and O–H groups in total. The monoisotopic (exact) mass is 140 g/mol. The van der Waals surface area contributed by atoms with Crippen LogP contribution in [0.4, 0.5) is 0 Å². The molecule has 2 aliphatic rings. The lowest BCUT2D eigenvalue weighted by Gasteiger charge is -2.12. The van der Waals surface area contributed by atoms with Gasteiger partial charge in [-0.05, 0) is 6.08 Å². The van der Waals surface area contributed by atoms with Crippen molar-refractivity contribution >= 4 is 5.97 Å². The first-order valence-electron chi connectivity index (χ1n) is 3.34. The van der Waals surface area contributed by atoms with Crippen LogP contribution in [0.25, 0.3) is 0 Å². The van der Waals surface area contributed by atoms with Crippen molar-refractivity contribution in [3.8, 4) is 0 Å². The number of fused-ring (bicyclic) bond motifs is 2. The first-order chi connectivity index (χ1) is 4.77. The van der Waals surface area contributed by atoms with Gasteiger partial charge in [-0.25, -0.2) is 0 Å². The molecule has 1 heterocycles. The van der Waals surface area contributed by atoms with E-state index >= 15 is 0 Å². The second kappa shape index (κ2) is 1.83. The van der Waals surface area contributed by atoms with E-state index < -0.39 is 6.10 Å². The van der Waals surface area contributed by atoms with Gasteiger partial charge in [-0.1, -0.05) is 6.08 Å². The Hall–Kier alpha value is -0.830. The fraction of sp³-hybridized carbons (Fsp3) is 0.571. The van der Waals surface area contributed by atoms with Crippen LogP contribution in [-0.2, 0) is 9.53 Å². The summed E-state index contributed by atoms with van der Waals surface area (Å²) in [6.07, 6.45) is 3.33. The Morgan fingerprint density at radius 2 is 2.40 bits per heavy atom. The smallest absolute Gasteiger partial charge is 0.312 e. The third-order valence-electron chi connectivity index (χ3n) is 1.99. The van der Waals surface area contributed by atoms with Crippen molar-refractivity contribution in [2.45, 2.75) is 18.6 Å². The summed E-state index contributed by atoms with van der Waals surface area (Å²) >= 11 is 0. The van der Waals surface area contributed by atoms with Crippen molar-refractivity contribution in [3.05, 3.63) is 12.2 Å². The van der Waals surface area contributed by atoms with Crippen LogP contribution in [0, 0.1) is 5.92 Å². The van der Waals surface area contributed by atoms with Crippen LogP contribution in [0.15, 0.2) is 12.2 Å². The van der Waals surface area contributed by atoms with Gasteiger partial charge in [0.1, 0.15) is 6.10 Å². The lowest BCUT2D eigenvalue weighted by atomic mass is 9.93. The molecule has 0 aromatic carbocycles. The summed E-state index contributed by atoms with van der Waals surface area (Å²) in [6.45, 7) is 0. The van der Waals surface area contributed by atoms with Crippen molar-refractivity contribution in [3.63, 3.8) is 0 Å². The molecule has 10 heavy (non-hydrogen) atoms. The molecule has 3 atom stereocenters. The summed E-state index contributed by atoms with van der Waals surface area (Å²) in [6, 6.07) is 0. The first kappa shape index (κ1) is 5.92. The highest BCUT2D eigenvalue weighted by Crippen LogP contribution is 2.29. The molecule has 3 unspecified atom stereocenters. The van der Waals surface area contributed by atoms with Gasteiger partial charge >= 0.3 is 5.97 Å². The molecule has 0 amide bonds. The van der Waals surface area contributed by atoms with E-state index in [1.165, 1.54) is 0 Å². The summed E-state index contributed by atoms with van der Waals surface area (Å²) in [4.78, 5) is 10.8. The largest absolute Gasteiger partial charge is 0.458 e. The van der Waals surface area contributed by atoms with Gasteiger partial charge in [0.05, 0.1) is 12.0 Å². The molecule has 54 valence electrons. The molecule has 1 saturated heterocycles. The molecule has 3 heteroatoms. The van der Waals surface area contributed by atoms with E-state index in [9.17, 15) is 9.90 Å². The first-order valence-corrected chi connectivity index (χ1v) is 3.34. The maximum absolute atomic E-state index is 10.8. The molecule has 2 bridgehead atoms. The highest BCUT2D eigenvalue weighted by atomic mass is 16.6. The Morgan fingerprint density at radius 1 is 1.60 bits per heavy atom. The normalized spacial score (nSPS) is 43.7. The van der Waals surface area contributed by atoms with Gasteiger partial charge in [-0.2, -0.15) is 0 Å². The molecule has 3 nitrogen and oxygen atoms in total. The topological polar surface area (TPSA) is 46.5 Å². The van der Waals surface area contributed by atoms with Crippen LogP contribution in [-0.4, -0.2) is 23.3 Å². The van der Waals surface area contributed by atoms with E-state index in [-0.39, 0.29) is 18.0 Å². The van der Waals surface area contributed by atoms with E-state index in [1.54, 1.807) is 12.2 Å². The zero-order valence-corrected chi connectivity index (χ0v) is 5.36. The quantitative estimate of drug-likeness (QED) is 0.376. The standard InChI is InChI=1S/C7H8O3/c8-6-2-1-4-3-5(6)7(9)10-4/h1-2,4-6,8H,3H2. The Labute approximate surface area is 58.3 Å². The Balaban J connectivity index is 2.28. The predicted octanol–water partition coefficient (Wildman–Crippen LogP) is -0.151. The number of hydrogen-bond acceptors (Lipinski definition) is 3. The van der Waals surface area contributed by atoms with E-state index in [0.29, 0.717) is 6.42 Å². The maximum atomic E-state index is 10.8. The minimum Gasteiger partial charge on any atom is -0.458 e. The Morgan fingerprint density at radius 3 is 3.10 bits per heavy atom. The molecule has 2 rings (SSSR count). The number of esters is 1. The van der Waals surface area contributed by atoms with Crippen molar-refractivity contribution < 1.29 is 14.6 Å². The SMILES string of the molecule is O=C1OC2C=CC(O)C1C2. The third kappa shape index (κ3) is 0.671. The van der Waals surface area contributed by atoms with Crippen LogP contribution in [0.5, 0.6) is 0 Å². The molecule has 0 saturated carbocycles. The molecule has 0 aromatic heterocycles. The van der Waals surface area contributed by atoms with E-state index in [2.05, 4.69) is 0 Å². The van der Waals surface area contributed by atoms with Gasteiger partial charge < -0.3 is 9.84 Å². The zero-order valence-electron chi connectivity index (χ0n) is 5.36. The molecule has 0 aromatic rings. The number of carbonyl (C=O) groups excluding carboxylic acids is 1. The van der Waals surface area contributed by atoms with Crippen molar-refractivity contribution in [2.75, 3.05) is 0 Å². The minimum absolute atomic E-state index is 0.0686. The van der Waals surface area contributed by atoms with Crippen molar-refractivity contribution in [1.82, 2.24) is 0 Å². The highest BCUT2D eigenvalue weighted by Gasteiger charge is 2.39. The van der Waals surface area contributed by atoms with Gasteiger partial charge in [0.15, 0.2) is 0 Å². The maximum Gasteiger partial charge on any atom is 0.312 e. The molecule has 0 radical (unpaired) electrons. The number of hydrogen-bond donors (Lipinski definition) is 1. The fourth-order valence-corrected chi connectivity index (χ4v) is 1.40. The summed E-state index contributed by atoms with van der Waals surface area (Å²) in [7, 11) is 0. The molecule has 1 aliphatic carbocycles. The summed E-state index contributed by atoms with van der Waals surface area (Å²) in [5.74, 6) is -0.558. The average molecular weight is 140 g/mol. The van der Waals surface area contributed by atoms with Crippen LogP contribution in [0.1, 0.15) is 6.42 Å². The van der Waals surface area contributed by atoms with Crippen LogP contribution in [0.2, 0.25) is 0 Å². The van der Waals surface area contributed by atoms with E-state index in [4.69, 9.17) is 4.74 Å². The van der Waals surface area contributed by atoms with Crippen molar-refractivity contribution in [2.24, 2.45) is 5.92 Å². The second-order valence-electron chi connectivity index (χ2n) is 2.69. The van der Waals surface area contributed by atoms with Gasteiger partial charge in [-0.3, -0.25) is 4.79 Å². The number of rotatable bonds is 0. The number of ether oxygens (including phenoxy) is 1. The van der Waals surface area contributed by atoms with Gasteiger partial charge in [0.25, 0.3) is 0 Å². The summed E-state index contributed by atoms with van der Waals surface area (Å²) < 4.78 is 4.87. The number of aliphatic hydroxyl groups excluding tert-OH is 1. The average Bonchev–Trinajstić information content (AvgIpc) is 2.21. The molecular formula is C7H8O3. The number of aliphatic hydroxyl groups is 1. The molecule has 0 spiro atoms. The van der Waals surface area contributed by atoms with E-state index in [1.807, 2.05) is 0 Å². The number of carbonyl (C=O) groups is 1. The molecular weight excluding hydrogens is 132 g/mol. The van der Waals surface area contributed by atoms with Crippen LogP contribution >= 0.6 is 0 Å². The summed E-state index contributed by atoms with van der Waals surface area (Å²) in [5, 5.41) is 9.18. The third-order valence-corrected chi connectivity index (χ3v) is 1.99. The minimum atomic E-state index is -0.619.